The lowest BCUT2D eigenvalue weighted by molar-refractivity contribution is -0.137. The van der Waals surface area contributed by atoms with Crippen molar-refractivity contribution in [1.29, 1.82) is 0 Å². The highest BCUT2D eigenvalue weighted by molar-refractivity contribution is 5.92. The number of aromatic nitrogens is 1. The summed E-state index contributed by atoms with van der Waals surface area (Å²) in [6.07, 6.45) is -2.07. The van der Waals surface area contributed by atoms with Gasteiger partial charge < -0.3 is 24.4 Å². The topological polar surface area (TPSA) is 66.8 Å². The van der Waals surface area contributed by atoms with Gasteiger partial charge in [0.05, 0.1) is 12.1 Å². The number of nitrogens with one attached hydrogen (secondary N) is 1. The molecule has 3 aromatic rings. The van der Waals surface area contributed by atoms with Gasteiger partial charge >= 0.3 is 12.2 Å². The summed E-state index contributed by atoms with van der Waals surface area (Å²) in [7, 11) is 1.90. The first-order chi connectivity index (χ1) is 18.2. The number of carbonyl (C=O) groups excluding carboxylic acids is 2. The van der Waals surface area contributed by atoms with Crippen LogP contribution in [0.1, 0.15) is 30.2 Å². The standard InChI is InChI=1S/C28H33F3N4O3/c1-3-38-18-8-17-34(27(37)32-24-14-12-23(13-15-24)28(29,30)31)21-26(36)35(19-22-9-5-4-6-10-22)20-25-11-7-16-33(25)2/h4-7,9-16H,3,8,17-21H2,1-2H3,(H,32,37). The molecule has 204 valence electrons. The number of anilines is 1. The molecule has 0 fully saturated rings. The average molecular weight is 531 g/mol. The zero-order chi connectivity index (χ0) is 27.5. The molecule has 0 aliphatic carbocycles. The number of hydrogen-bond donors (Lipinski definition) is 1. The maximum absolute atomic E-state index is 13.5. The van der Waals surface area contributed by atoms with Crippen molar-refractivity contribution in [2.24, 2.45) is 7.05 Å². The molecular formula is C28H33F3N4O3. The molecule has 0 radical (unpaired) electrons. The van der Waals surface area contributed by atoms with Crippen molar-refractivity contribution >= 4 is 17.6 Å². The van der Waals surface area contributed by atoms with E-state index in [0.29, 0.717) is 32.7 Å². The summed E-state index contributed by atoms with van der Waals surface area (Å²) in [5.74, 6) is -0.256. The summed E-state index contributed by atoms with van der Waals surface area (Å²) in [5, 5.41) is 2.61. The van der Waals surface area contributed by atoms with E-state index in [4.69, 9.17) is 4.74 Å². The summed E-state index contributed by atoms with van der Waals surface area (Å²) in [6.45, 7) is 3.55. The van der Waals surface area contributed by atoms with E-state index in [0.717, 1.165) is 23.4 Å². The first-order valence-electron chi connectivity index (χ1n) is 12.4. The van der Waals surface area contributed by atoms with Gasteiger partial charge in [-0.15, -0.1) is 0 Å². The molecular weight excluding hydrogens is 497 g/mol. The van der Waals surface area contributed by atoms with E-state index in [9.17, 15) is 22.8 Å². The Kier molecular flexibility index (Phi) is 10.3. The van der Waals surface area contributed by atoms with Crippen molar-refractivity contribution in [1.82, 2.24) is 14.4 Å². The number of carbonyl (C=O) groups is 2. The van der Waals surface area contributed by atoms with Crippen LogP contribution in [-0.2, 0) is 35.8 Å². The molecule has 2 aromatic carbocycles. The molecule has 0 saturated carbocycles. The van der Waals surface area contributed by atoms with Gasteiger partial charge in [-0.2, -0.15) is 13.2 Å². The predicted octanol–water partition coefficient (Wildman–Crippen LogP) is 5.53. The number of hydrogen-bond acceptors (Lipinski definition) is 3. The quantitative estimate of drug-likeness (QED) is 0.313. The zero-order valence-corrected chi connectivity index (χ0v) is 21.6. The molecule has 7 nitrogen and oxygen atoms in total. The first-order valence-corrected chi connectivity index (χ1v) is 12.4. The van der Waals surface area contributed by atoms with Crippen LogP contribution in [0, 0.1) is 0 Å². The summed E-state index contributed by atoms with van der Waals surface area (Å²) in [4.78, 5) is 29.7. The summed E-state index contributed by atoms with van der Waals surface area (Å²) in [6, 6.07) is 17.0. The number of halogens is 3. The van der Waals surface area contributed by atoms with Crippen molar-refractivity contribution in [3.05, 3.63) is 89.7 Å². The SMILES string of the molecule is CCOCCCN(CC(=O)N(Cc1ccccc1)Cc1cccn1C)C(=O)Nc1ccc(C(F)(F)F)cc1. The molecule has 1 heterocycles. The van der Waals surface area contributed by atoms with Crippen LogP contribution in [0.2, 0.25) is 0 Å². The van der Waals surface area contributed by atoms with Crippen LogP contribution in [0.5, 0.6) is 0 Å². The third-order valence-corrected chi connectivity index (χ3v) is 5.97. The van der Waals surface area contributed by atoms with Crippen molar-refractivity contribution < 1.29 is 27.5 Å². The third kappa shape index (κ3) is 8.65. The van der Waals surface area contributed by atoms with Gasteiger partial charge in [0.25, 0.3) is 0 Å². The van der Waals surface area contributed by atoms with Gasteiger partial charge in [-0.1, -0.05) is 30.3 Å². The van der Waals surface area contributed by atoms with E-state index >= 15 is 0 Å². The van der Waals surface area contributed by atoms with Crippen LogP contribution in [0.3, 0.4) is 0 Å². The van der Waals surface area contributed by atoms with E-state index in [-0.39, 0.29) is 24.7 Å². The molecule has 38 heavy (non-hydrogen) atoms. The van der Waals surface area contributed by atoms with Crippen molar-refractivity contribution in [3.63, 3.8) is 0 Å². The normalized spacial score (nSPS) is 11.3. The van der Waals surface area contributed by atoms with Gasteiger partial charge in [0.1, 0.15) is 6.54 Å². The lowest BCUT2D eigenvalue weighted by Crippen LogP contribution is -2.44. The minimum atomic E-state index is -4.47. The molecule has 0 bridgehead atoms. The Morgan fingerprint density at radius 1 is 0.947 bits per heavy atom. The minimum absolute atomic E-state index is 0.199. The molecule has 0 aliphatic heterocycles. The van der Waals surface area contributed by atoms with Crippen LogP contribution in [0.15, 0.2) is 72.9 Å². The average Bonchev–Trinajstić information content (AvgIpc) is 3.29. The fraction of sp³-hybridized carbons (Fsp3) is 0.357. The lowest BCUT2D eigenvalue weighted by Gasteiger charge is -2.28. The smallest absolute Gasteiger partial charge is 0.382 e. The van der Waals surface area contributed by atoms with E-state index < -0.39 is 17.8 Å². The molecule has 10 heteroatoms. The Morgan fingerprint density at radius 3 is 2.26 bits per heavy atom. The molecule has 3 rings (SSSR count). The van der Waals surface area contributed by atoms with E-state index in [1.165, 1.54) is 17.0 Å². The Labute approximate surface area is 220 Å². The van der Waals surface area contributed by atoms with E-state index in [1.807, 2.05) is 67.2 Å². The molecule has 0 aliphatic rings. The van der Waals surface area contributed by atoms with Crippen molar-refractivity contribution in [3.8, 4) is 0 Å². The van der Waals surface area contributed by atoms with Gasteiger partial charge in [0.15, 0.2) is 0 Å². The molecule has 3 amide bonds. The Balaban J connectivity index is 1.75. The van der Waals surface area contributed by atoms with Gasteiger partial charge in [0.2, 0.25) is 5.91 Å². The number of benzene rings is 2. The van der Waals surface area contributed by atoms with Gasteiger partial charge in [-0.25, -0.2) is 4.79 Å². The molecule has 0 atom stereocenters. The minimum Gasteiger partial charge on any atom is -0.382 e. The molecule has 0 unspecified atom stereocenters. The second-order valence-corrected chi connectivity index (χ2v) is 8.82. The number of nitrogens with zero attached hydrogens (tertiary/aromatic N) is 3. The monoisotopic (exact) mass is 530 g/mol. The van der Waals surface area contributed by atoms with Gasteiger partial charge in [-0.3, -0.25) is 4.79 Å². The predicted molar refractivity (Wildman–Crippen MR) is 139 cm³/mol. The van der Waals surface area contributed by atoms with E-state index in [1.54, 1.807) is 4.90 Å². The third-order valence-electron chi connectivity index (χ3n) is 5.97. The molecule has 0 saturated heterocycles. The van der Waals surface area contributed by atoms with Crippen molar-refractivity contribution in [2.45, 2.75) is 32.6 Å². The highest BCUT2D eigenvalue weighted by Gasteiger charge is 2.30. The van der Waals surface area contributed by atoms with Crippen LogP contribution in [0.25, 0.3) is 0 Å². The van der Waals surface area contributed by atoms with Crippen LogP contribution < -0.4 is 5.32 Å². The Morgan fingerprint density at radius 2 is 1.66 bits per heavy atom. The second-order valence-electron chi connectivity index (χ2n) is 8.82. The maximum Gasteiger partial charge on any atom is 0.416 e. The molecule has 0 spiro atoms. The number of amides is 3. The number of rotatable bonds is 12. The number of aryl methyl sites for hydroxylation is 1. The van der Waals surface area contributed by atoms with Crippen LogP contribution >= 0.6 is 0 Å². The number of alkyl halides is 3. The fourth-order valence-corrected chi connectivity index (χ4v) is 3.85. The Hall–Kier alpha value is -3.79. The summed E-state index contributed by atoms with van der Waals surface area (Å²) < 4.78 is 46.0. The number of urea groups is 1. The second kappa shape index (κ2) is 13.7. The zero-order valence-electron chi connectivity index (χ0n) is 21.6. The largest absolute Gasteiger partial charge is 0.416 e. The first kappa shape index (κ1) is 28.8. The van der Waals surface area contributed by atoms with Gasteiger partial charge in [0, 0.05) is 50.9 Å². The molecule has 1 N–H and O–H groups in total. The maximum atomic E-state index is 13.5. The summed E-state index contributed by atoms with van der Waals surface area (Å²) >= 11 is 0. The molecule has 1 aromatic heterocycles. The van der Waals surface area contributed by atoms with Crippen molar-refractivity contribution in [2.75, 3.05) is 31.6 Å². The van der Waals surface area contributed by atoms with Crippen LogP contribution in [-0.4, -0.2) is 52.6 Å². The summed E-state index contributed by atoms with van der Waals surface area (Å²) in [5.41, 5.74) is 1.28. The van der Waals surface area contributed by atoms with E-state index in [2.05, 4.69) is 5.32 Å². The lowest BCUT2D eigenvalue weighted by atomic mass is 10.2. The number of ether oxygens (including phenoxy) is 1. The highest BCUT2D eigenvalue weighted by Crippen LogP contribution is 2.29. The van der Waals surface area contributed by atoms with Crippen LogP contribution in [0.4, 0.5) is 23.7 Å². The highest BCUT2D eigenvalue weighted by atomic mass is 19.4. The van der Waals surface area contributed by atoms with Gasteiger partial charge in [-0.05, 0) is 55.3 Å². The fourth-order valence-electron chi connectivity index (χ4n) is 3.85. The Bertz CT molecular complexity index is 1160.